The summed E-state index contributed by atoms with van der Waals surface area (Å²) in [7, 11) is 0. The van der Waals surface area contributed by atoms with Gasteiger partial charge in [0.15, 0.2) is 5.78 Å². The lowest BCUT2D eigenvalue weighted by molar-refractivity contribution is 0.0988. The predicted octanol–water partition coefficient (Wildman–Crippen LogP) is 5.13. The van der Waals surface area contributed by atoms with Crippen LogP contribution in [0.25, 0.3) is 0 Å². The highest BCUT2D eigenvalue weighted by Crippen LogP contribution is 2.26. The van der Waals surface area contributed by atoms with Gasteiger partial charge in [0, 0.05) is 34.9 Å². The van der Waals surface area contributed by atoms with Crippen molar-refractivity contribution < 1.29 is 18.3 Å². The molecule has 0 aliphatic rings. The van der Waals surface area contributed by atoms with Crippen LogP contribution in [0.15, 0.2) is 65.4 Å². The lowest BCUT2D eigenvalue weighted by Crippen LogP contribution is -2.08. The highest BCUT2D eigenvalue weighted by molar-refractivity contribution is 9.10. The van der Waals surface area contributed by atoms with E-state index in [2.05, 4.69) is 20.9 Å². The van der Waals surface area contributed by atoms with Crippen LogP contribution in [0.1, 0.15) is 21.5 Å². The minimum absolute atomic E-state index is 0.110. The van der Waals surface area contributed by atoms with Crippen molar-refractivity contribution in [1.29, 1.82) is 0 Å². The van der Waals surface area contributed by atoms with E-state index in [9.17, 15) is 13.6 Å². The van der Waals surface area contributed by atoms with E-state index in [1.165, 1.54) is 6.07 Å². The van der Waals surface area contributed by atoms with Crippen molar-refractivity contribution in [2.75, 3.05) is 0 Å². The van der Waals surface area contributed by atoms with E-state index in [1.54, 1.807) is 36.7 Å². The van der Waals surface area contributed by atoms with Crippen LogP contribution in [0.5, 0.6) is 5.75 Å². The van der Waals surface area contributed by atoms with Crippen LogP contribution in [-0.4, -0.2) is 10.8 Å². The molecule has 0 fully saturated rings. The Morgan fingerprint density at radius 2 is 1.96 bits per heavy atom. The molecule has 0 amide bonds. The molecule has 0 aliphatic heterocycles. The summed E-state index contributed by atoms with van der Waals surface area (Å²) < 4.78 is 33.1. The molecule has 2 aromatic carbocycles. The SMILES string of the molecule is O=C(Cc1cccnc1)c1cc(Br)ccc1OCc1ccc(F)cc1F. The van der Waals surface area contributed by atoms with Gasteiger partial charge in [-0.25, -0.2) is 8.78 Å². The van der Waals surface area contributed by atoms with Crippen molar-refractivity contribution in [2.45, 2.75) is 13.0 Å². The summed E-state index contributed by atoms with van der Waals surface area (Å²) in [6.07, 6.45) is 3.44. The van der Waals surface area contributed by atoms with Gasteiger partial charge in [-0.05, 0) is 42.0 Å². The average Bonchev–Trinajstić information content (AvgIpc) is 2.62. The second-order valence-electron chi connectivity index (χ2n) is 5.63. The number of aromatic nitrogens is 1. The number of nitrogens with zero attached hydrogens (tertiary/aromatic N) is 1. The van der Waals surface area contributed by atoms with Crippen LogP contribution in [0.3, 0.4) is 0 Å². The monoisotopic (exact) mass is 417 g/mol. The topological polar surface area (TPSA) is 39.2 Å². The molecule has 1 aromatic heterocycles. The van der Waals surface area contributed by atoms with E-state index in [1.807, 2.05) is 6.07 Å². The Hall–Kier alpha value is -2.60. The molecule has 132 valence electrons. The zero-order valence-corrected chi connectivity index (χ0v) is 15.2. The first kappa shape index (κ1) is 18.2. The summed E-state index contributed by atoms with van der Waals surface area (Å²) in [6, 6.07) is 11.9. The van der Waals surface area contributed by atoms with Gasteiger partial charge in [-0.1, -0.05) is 22.0 Å². The molecule has 3 nitrogen and oxygen atoms in total. The molecule has 0 atom stereocenters. The summed E-state index contributed by atoms with van der Waals surface area (Å²) in [5.41, 5.74) is 1.37. The number of ketones is 1. The van der Waals surface area contributed by atoms with Gasteiger partial charge in [0.1, 0.15) is 24.0 Å². The molecular formula is C20H14BrF2NO2. The predicted molar refractivity (Wildman–Crippen MR) is 97.1 cm³/mol. The van der Waals surface area contributed by atoms with Gasteiger partial charge in [-0.3, -0.25) is 9.78 Å². The Labute approximate surface area is 157 Å². The molecular weight excluding hydrogens is 404 g/mol. The van der Waals surface area contributed by atoms with Gasteiger partial charge in [0.25, 0.3) is 0 Å². The van der Waals surface area contributed by atoms with Crippen LogP contribution in [-0.2, 0) is 13.0 Å². The Morgan fingerprint density at radius 1 is 1.12 bits per heavy atom. The number of ether oxygens (including phenoxy) is 1. The third-order valence-corrected chi connectivity index (χ3v) is 4.22. The average molecular weight is 418 g/mol. The van der Waals surface area contributed by atoms with Gasteiger partial charge in [0.05, 0.1) is 5.56 Å². The maximum Gasteiger partial charge on any atom is 0.171 e. The molecule has 0 aliphatic carbocycles. The van der Waals surface area contributed by atoms with Gasteiger partial charge in [-0.15, -0.1) is 0 Å². The molecule has 6 heteroatoms. The smallest absolute Gasteiger partial charge is 0.171 e. The maximum absolute atomic E-state index is 13.8. The third-order valence-electron chi connectivity index (χ3n) is 3.73. The van der Waals surface area contributed by atoms with Gasteiger partial charge in [0.2, 0.25) is 0 Å². The van der Waals surface area contributed by atoms with Gasteiger partial charge >= 0.3 is 0 Å². The highest BCUT2D eigenvalue weighted by atomic mass is 79.9. The summed E-state index contributed by atoms with van der Waals surface area (Å²) in [6.45, 7) is -0.110. The number of halogens is 3. The number of hydrogen-bond donors (Lipinski definition) is 0. The van der Waals surface area contributed by atoms with Crippen LogP contribution in [0.4, 0.5) is 8.78 Å². The zero-order valence-electron chi connectivity index (χ0n) is 13.6. The Kier molecular flexibility index (Phi) is 5.73. The number of carbonyl (C=O) groups excluding carboxylic acids is 1. The van der Waals surface area contributed by atoms with Crippen LogP contribution in [0, 0.1) is 11.6 Å². The van der Waals surface area contributed by atoms with Crippen molar-refractivity contribution in [1.82, 2.24) is 4.98 Å². The quantitative estimate of drug-likeness (QED) is 0.522. The molecule has 0 bridgehead atoms. The third kappa shape index (κ3) is 4.52. The normalized spacial score (nSPS) is 10.6. The molecule has 0 saturated heterocycles. The first-order valence-corrected chi connectivity index (χ1v) is 8.60. The van der Waals surface area contributed by atoms with E-state index in [0.29, 0.717) is 11.3 Å². The first-order chi connectivity index (χ1) is 12.5. The lowest BCUT2D eigenvalue weighted by atomic mass is 10.0. The van der Waals surface area contributed by atoms with E-state index >= 15 is 0 Å². The van der Waals surface area contributed by atoms with Crippen molar-refractivity contribution >= 4 is 21.7 Å². The molecule has 0 radical (unpaired) electrons. The molecule has 0 N–H and O–H groups in total. The van der Waals surface area contributed by atoms with E-state index in [0.717, 1.165) is 22.2 Å². The zero-order chi connectivity index (χ0) is 18.5. The molecule has 0 unspecified atom stereocenters. The van der Waals surface area contributed by atoms with Crippen molar-refractivity contribution in [3.8, 4) is 5.75 Å². The van der Waals surface area contributed by atoms with Crippen LogP contribution < -0.4 is 4.74 Å². The Balaban J connectivity index is 1.80. The molecule has 3 rings (SSSR count). The summed E-state index contributed by atoms with van der Waals surface area (Å²) in [4.78, 5) is 16.7. The number of rotatable bonds is 6. The van der Waals surface area contributed by atoms with Crippen LogP contribution in [0.2, 0.25) is 0 Å². The molecule has 0 spiro atoms. The molecule has 26 heavy (non-hydrogen) atoms. The van der Waals surface area contributed by atoms with E-state index < -0.39 is 11.6 Å². The van der Waals surface area contributed by atoms with Gasteiger partial charge < -0.3 is 4.74 Å². The van der Waals surface area contributed by atoms with E-state index in [-0.39, 0.29) is 24.4 Å². The van der Waals surface area contributed by atoms with Crippen molar-refractivity contribution in [3.63, 3.8) is 0 Å². The summed E-state index contributed by atoms with van der Waals surface area (Å²) in [5, 5.41) is 0. The van der Waals surface area contributed by atoms with E-state index in [4.69, 9.17) is 4.74 Å². The fraction of sp³-hybridized carbons (Fsp3) is 0.100. The fourth-order valence-electron chi connectivity index (χ4n) is 2.42. The largest absolute Gasteiger partial charge is 0.488 e. The molecule has 1 heterocycles. The standard InChI is InChI=1S/C20H14BrF2NO2/c21-15-4-6-20(26-12-14-3-5-16(22)10-18(14)23)17(9-15)19(25)8-13-2-1-7-24-11-13/h1-7,9-11H,8,12H2. The fourth-order valence-corrected chi connectivity index (χ4v) is 2.78. The Morgan fingerprint density at radius 3 is 2.69 bits per heavy atom. The molecule has 3 aromatic rings. The number of Topliss-reactive ketones (excluding diaryl/α,β-unsaturated/α-hetero) is 1. The number of benzene rings is 2. The maximum atomic E-state index is 13.8. The molecule has 0 saturated carbocycles. The second-order valence-corrected chi connectivity index (χ2v) is 6.54. The summed E-state index contributed by atoms with van der Waals surface area (Å²) in [5.74, 6) is -1.15. The highest BCUT2D eigenvalue weighted by Gasteiger charge is 2.15. The van der Waals surface area contributed by atoms with Gasteiger partial charge in [-0.2, -0.15) is 0 Å². The van der Waals surface area contributed by atoms with Crippen molar-refractivity contribution in [3.05, 3.63) is 93.7 Å². The number of pyridine rings is 1. The summed E-state index contributed by atoms with van der Waals surface area (Å²) >= 11 is 3.34. The number of carbonyl (C=O) groups is 1. The Bertz CT molecular complexity index is 932. The van der Waals surface area contributed by atoms with Crippen molar-refractivity contribution in [2.24, 2.45) is 0 Å². The minimum Gasteiger partial charge on any atom is -0.488 e. The minimum atomic E-state index is -0.689. The second kappa shape index (κ2) is 8.19. The lowest BCUT2D eigenvalue weighted by Gasteiger charge is -2.12. The van der Waals surface area contributed by atoms with Crippen LogP contribution >= 0.6 is 15.9 Å². The first-order valence-electron chi connectivity index (χ1n) is 7.81. The number of hydrogen-bond acceptors (Lipinski definition) is 3.